The molecule has 144 valence electrons. The highest BCUT2D eigenvalue weighted by Crippen LogP contribution is 2.30. The van der Waals surface area contributed by atoms with Crippen molar-refractivity contribution in [2.75, 3.05) is 13.2 Å². The number of nitrogens with zero attached hydrogens (tertiary/aromatic N) is 3. The first-order valence-corrected chi connectivity index (χ1v) is 9.76. The van der Waals surface area contributed by atoms with Crippen molar-refractivity contribution in [2.45, 2.75) is 6.42 Å². The Bertz CT molecular complexity index is 1270. The lowest BCUT2D eigenvalue weighted by Crippen LogP contribution is -2.15. The molecule has 0 bridgehead atoms. The largest absolute Gasteiger partial charge is 0.486 e. The quantitative estimate of drug-likeness (QED) is 0.407. The van der Waals surface area contributed by atoms with Crippen molar-refractivity contribution in [3.05, 3.63) is 82.4 Å². The van der Waals surface area contributed by atoms with Gasteiger partial charge in [0.05, 0.1) is 6.21 Å². The summed E-state index contributed by atoms with van der Waals surface area (Å²) >= 11 is 5.38. The molecule has 0 atom stereocenters. The molecular formula is C22H18N4O2S. The molecule has 7 heteroatoms. The van der Waals surface area contributed by atoms with Gasteiger partial charge in [0, 0.05) is 6.42 Å². The molecular weight excluding hydrogens is 384 g/mol. The molecule has 0 aliphatic carbocycles. The van der Waals surface area contributed by atoms with E-state index in [0.717, 1.165) is 22.9 Å². The van der Waals surface area contributed by atoms with Crippen LogP contribution in [0.2, 0.25) is 0 Å². The average molecular weight is 402 g/mol. The summed E-state index contributed by atoms with van der Waals surface area (Å²) in [5.41, 5.74) is 2.07. The van der Waals surface area contributed by atoms with Crippen molar-refractivity contribution >= 4 is 29.2 Å². The highest BCUT2D eigenvalue weighted by Gasteiger charge is 2.12. The summed E-state index contributed by atoms with van der Waals surface area (Å²) in [6, 6.07) is 20.3. The van der Waals surface area contributed by atoms with E-state index in [1.54, 1.807) is 10.9 Å². The highest BCUT2D eigenvalue weighted by molar-refractivity contribution is 7.71. The SMILES string of the molecule is S=c1[nH]nc(Cc2cccc3ccccc23)n1N=Cc1ccc2c(c1)OCCO2. The van der Waals surface area contributed by atoms with Crippen molar-refractivity contribution in [3.63, 3.8) is 0 Å². The summed E-state index contributed by atoms with van der Waals surface area (Å²) in [5.74, 6) is 2.23. The number of hydrogen-bond acceptors (Lipinski definition) is 5. The maximum Gasteiger partial charge on any atom is 0.216 e. The van der Waals surface area contributed by atoms with Crippen LogP contribution in [0.4, 0.5) is 0 Å². The first kappa shape index (κ1) is 17.6. The molecule has 0 amide bonds. The van der Waals surface area contributed by atoms with E-state index in [1.807, 2.05) is 30.3 Å². The Morgan fingerprint density at radius 1 is 1.03 bits per heavy atom. The van der Waals surface area contributed by atoms with Crippen LogP contribution in [0.1, 0.15) is 17.0 Å². The second-order valence-electron chi connectivity index (χ2n) is 6.72. The molecule has 6 nitrogen and oxygen atoms in total. The monoisotopic (exact) mass is 402 g/mol. The van der Waals surface area contributed by atoms with Gasteiger partial charge in [-0.15, -0.1) is 0 Å². The second-order valence-corrected chi connectivity index (χ2v) is 7.11. The zero-order chi connectivity index (χ0) is 19.6. The fourth-order valence-electron chi connectivity index (χ4n) is 3.44. The molecule has 0 unspecified atom stereocenters. The molecule has 5 rings (SSSR count). The Balaban J connectivity index is 1.46. The molecule has 0 spiro atoms. The average Bonchev–Trinajstić information content (AvgIpc) is 3.11. The Morgan fingerprint density at radius 2 is 1.86 bits per heavy atom. The van der Waals surface area contributed by atoms with Crippen molar-refractivity contribution < 1.29 is 9.47 Å². The van der Waals surface area contributed by atoms with Gasteiger partial charge < -0.3 is 9.47 Å². The van der Waals surface area contributed by atoms with Gasteiger partial charge in [0.15, 0.2) is 17.3 Å². The first-order chi connectivity index (χ1) is 14.3. The molecule has 1 aliphatic rings. The minimum Gasteiger partial charge on any atom is -0.486 e. The van der Waals surface area contributed by atoms with E-state index in [4.69, 9.17) is 21.7 Å². The molecule has 4 aromatic rings. The minimum absolute atomic E-state index is 0.453. The van der Waals surface area contributed by atoms with Gasteiger partial charge in [-0.25, -0.2) is 0 Å². The van der Waals surface area contributed by atoms with Crippen LogP contribution in [0.5, 0.6) is 11.5 Å². The number of rotatable bonds is 4. The Labute approximate surface area is 172 Å². The predicted octanol–water partition coefficient (Wildman–Crippen LogP) is 4.34. The number of fused-ring (bicyclic) bond motifs is 2. The molecule has 2 heterocycles. The summed E-state index contributed by atoms with van der Waals surface area (Å²) < 4.78 is 13.3. The molecule has 1 aromatic heterocycles. The van der Waals surface area contributed by atoms with Gasteiger partial charge in [-0.1, -0.05) is 42.5 Å². The molecule has 1 aliphatic heterocycles. The van der Waals surface area contributed by atoms with Crippen LogP contribution in [0.15, 0.2) is 65.8 Å². The fourth-order valence-corrected chi connectivity index (χ4v) is 3.64. The molecule has 0 saturated carbocycles. The van der Waals surface area contributed by atoms with Gasteiger partial charge in [0.1, 0.15) is 13.2 Å². The molecule has 1 N–H and O–H groups in total. The van der Waals surface area contributed by atoms with Gasteiger partial charge in [0.25, 0.3) is 0 Å². The zero-order valence-corrected chi connectivity index (χ0v) is 16.4. The van der Waals surface area contributed by atoms with Crippen LogP contribution in [0, 0.1) is 4.77 Å². The van der Waals surface area contributed by atoms with Crippen LogP contribution in [0.25, 0.3) is 10.8 Å². The number of aromatic nitrogens is 3. The van der Waals surface area contributed by atoms with Gasteiger partial charge in [-0.3, -0.25) is 5.10 Å². The van der Waals surface area contributed by atoms with E-state index in [-0.39, 0.29) is 0 Å². The number of aromatic amines is 1. The predicted molar refractivity (Wildman–Crippen MR) is 115 cm³/mol. The van der Waals surface area contributed by atoms with Crippen molar-refractivity contribution in [3.8, 4) is 11.5 Å². The summed E-state index contributed by atoms with van der Waals surface area (Å²) in [6.07, 6.45) is 2.36. The third kappa shape index (κ3) is 3.52. The van der Waals surface area contributed by atoms with Crippen molar-refractivity contribution in [2.24, 2.45) is 5.10 Å². The Hall–Kier alpha value is -3.45. The van der Waals surface area contributed by atoms with E-state index >= 15 is 0 Å². The third-order valence-corrected chi connectivity index (χ3v) is 5.10. The Morgan fingerprint density at radius 3 is 2.79 bits per heavy atom. The van der Waals surface area contributed by atoms with E-state index in [2.05, 4.69) is 45.6 Å². The maximum atomic E-state index is 5.64. The molecule has 0 radical (unpaired) electrons. The van der Waals surface area contributed by atoms with Gasteiger partial charge in [-0.05, 0) is 52.3 Å². The van der Waals surface area contributed by atoms with Gasteiger partial charge in [-0.2, -0.15) is 14.9 Å². The van der Waals surface area contributed by atoms with Crippen LogP contribution in [0.3, 0.4) is 0 Å². The van der Waals surface area contributed by atoms with E-state index in [0.29, 0.717) is 24.4 Å². The minimum atomic E-state index is 0.453. The third-order valence-electron chi connectivity index (χ3n) is 4.83. The number of hydrogen-bond donors (Lipinski definition) is 1. The molecule has 3 aromatic carbocycles. The van der Waals surface area contributed by atoms with E-state index < -0.39 is 0 Å². The maximum absolute atomic E-state index is 5.64. The van der Waals surface area contributed by atoms with Crippen LogP contribution in [-0.2, 0) is 6.42 Å². The standard InChI is InChI=1S/C22H18N4O2S/c29-22-25-24-21(13-17-6-3-5-16-4-1-2-7-18(16)17)26(22)23-14-15-8-9-19-20(12-15)28-11-10-27-19/h1-9,12,14H,10-11,13H2,(H,25,29). The summed E-state index contributed by atoms with van der Waals surface area (Å²) in [5, 5.41) is 14.2. The lowest BCUT2D eigenvalue weighted by molar-refractivity contribution is 0.171. The topological polar surface area (TPSA) is 64.4 Å². The number of H-pyrrole nitrogens is 1. The molecule has 0 fully saturated rings. The Kier molecular flexibility index (Phi) is 4.57. The molecule has 0 saturated heterocycles. The van der Waals surface area contributed by atoms with E-state index in [1.165, 1.54) is 16.3 Å². The van der Waals surface area contributed by atoms with Crippen molar-refractivity contribution in [1.82, 2.24) is 14.9 Å². The lowest BCUT2D eigenvalue weighted by Gasteiger charge is -2.18. The van der Waals surface area contributed by atoms with Crippen molar-refractivity contribution in [1.29, 1.82) is 0 Å². The summed E-state index contributed by atoms with van der Waals surface area (Å²) in [7, 11) is 0. The zero-order valence-electron chi connectivity index (χ0n) is 15.5. The number of benzene rings is 3. The lowest BCUT2D eigenvalue weighted by atomic mass is 10.0. The van der Waals surface area contributed by atoms with Crippen LogP contribution >= 0.6 is 12.2 Å². The van der Waals surface area contributed by atoms with Gasteiger partial charge in [0.2, 0.25) is 4.77 Å². The van der Waals surface area contributed by atoms with Gasteiger partial charge >= 0.3 is 0 Å². The fraction of sp³-hybridized carbons (Fsp3) is 0.136. The molecule has 29 heavy (non-hydrogen) atoms. The summed E-state index contributed by atoms with van der Waals surface area (Å²) in [4.78, 5) is 0. The van der Waals surface area contributed by atoms with Crippen LogP contribution < -0.4 is 9.47 Å². The first-order valence-electron chi connectivity index (χ1n) is 9.35. The van der Waals surface area contributed by atoms with Crippen LogP contribution in [-0.4, -0.2) is 34.3 Å². The normalized spacial score (nSPS) is 13.2. The highest BCUT2D eigenvalue weighted by atomic mass is 32.1. The van der Waals surface area contributed by atoms with E-state index in [9.17, 15) is 0 Å². The second kappa shape index (κ2) is 7.52. The smallest absolute Gasteiger partial charge is 0.216 e. The number of nitrogens with one attached hydrogen (secondary N) is 1. The number of ether oxygens (including phenoxy) is 2. The summed E-state index contributed by atoms with van der Waals surface area (Å²) in [6.45, 7) is 1.12.